The molecule has 6 nitrogen and oxygen atoms in total. The number of guanidine groups is 1. The zero-order chi connectivity index (χ0) is 21.2. The summed E-state index contributed by atoms with van der Waals surface area (Å²) in [6, 6.07) is 7.82. The monoisotopic (exact) mass is 538 g/mol. The summed E-state index contributed by atoms with van der Waals surface area (Å²) in [7, 11) is -1.61. The van der Waals surface area contributed by atoms with E-state index in [2.05, 4.69) is 41.1 Å². The number of nitrogens with one attached hydrogen (secondary N) is 3. The van der Waals surface area contributed by atoms with Gasteiger partial charge in [0.05, 0.1) is 5.75 Å². The molecule has 168 valence electrons. The van der Waals surface area contributed by atoms with Gasteiger partial charge in [0.25, 0.3) is 0 Å². The molecule has 29 heavy (non-hydrogen) atoms. The van der Waals surface area contributed by atoms with E-state index < -0.39 is 10.0 Å². The molecule has 1 aromatic rings. The maximum absolute atomic E-state index is 12.3. The highest BCUT2D eigenvalue weighted by Gasteiger charge is 2.15. The molecule has 8 heteroatoms. The largest absolute Gasteiger partial charge is 0.354 e. The fraction of sp³-hybridized carbons (Fsp3) is 0.667. The highest BCUT2D eigenvalue weighted by atomic mass is 127. The number of hydrogen-bond donors (Lipinski definition) is 3. The van der Waals surface area contributed by atoms with E-state index in [1.807, 2.05) is 38.1 Å². The Morgan fingerprint density at radius 1 is 1.03 bits per heavy atom. The fourth-order valence-corrected chi connectivity index (χ4v) is 4.48. The molecule has 0 radical (unpaired) electrons. The molecule has 0 aromatic heterocycles. The molecule has 0 aliphatic heterocycles. The third kappa shape index (κ3) is 12.4. The summed E-state index contributed by atoms with van der Waals surface area (Å²) >= 11 is 0. The molecule has 0 amide bonds. The first kappa shape index (κ1) is 28.1. The zero-order valence-electron chi connectivity index (χ0n) is 18.7. The van der Waals surface area contributed by atoms with Crippen molar-refractivity contribution in [3.63, 3.8) is 0 Å². The lowest BCUT2D eigenvalue weighted by atomic mass is 10.0. The van der Waals surface area contributed by atoms with Crippen LogP contribution in [0.1, 0.15) is 65.0 Å². The van der Waals surface area contributed by atoms with Crippen molar-refractivity contribution in [3.05, 3.63) is 35.4 Å². The molecule has 0 fully saturated rings. The summed E-state index contributed by atoms with van der Waals surface area (Å²) in [6.07, 6.45) is 3.51. The number of hydrogen-bond acceptors (Lipinski definition) is 3. The van der Waals surface area contributed by atoms with Crippen molar-refractivity contribution in [2.45, 2.75) is 78.3 Å². The summed E-state index contributed by atoms with van der Waals surface area (Å²) in [6.45, 7) is 10.8. The molecule has 0 aliphatic carbocycles. The predicted molar refractivity (Wildman–Crippen MR) is 134 cm³/mol. The molecule has 1 rings (SSSR count). The van der Waals surface area contributed by atoms with E-state index in [1.165, 1.54) is 12.8 Å². The maximum atomic E-state index is 12.3. The number of rotatable bonds is 11. The predicted octanol–water partition coefficient (Wildman–Crippen LogP) is 4.01. The number of sulfonamides is 1. The second kappa shape index (κ2) is 14.2. The van der Waals surface area contributed by atoms with Crippen LogP contribution in [0, 0.1) is 5.92 Å². The van der Waals surface area contributed by atoms with Gasteiger partial charge in [0.15, 0.2) is 5.96 Å². The van der Waals surface area contributed by atoms with Crippen molar-refractivity contribution in [2.24, 2.45) is 10.9 Å². The first-order chi connectivity index (χ1) is 13.1. The minimum absolute atomic E-state index is 0. The van der Waals surface area contributed by atoms with E-state index in [4.69, 9.17) is 0 Å². The van der Waals surface area contributed by atoms with Gasteiger partial charge >= 0.3 is 0 Å². The van der Waals surface area contributed by atoms with E-state index >= 15 is 0 Å². The smallest absolute Gasteiger partial charge is 0.216 e. The van der Waals surface area contributed by atoms with Gasteiger partial charge in [-0.2, -0.15) is 0 Å². The van der Waals surface area contributed by atoms with Crippen molar-refractivity contribution in [2.75, 3.05) is 7.05 Å². The Balaban J connectivity index is 0.00000784. The van der Waals surface area contributed by atoms with Gasteiger partial charge in [0.2, 0.25) is 10.0 Å². The van der Waals surface area contributed by atoms with Crippen LogP contribution in [-0.4, -0.2) is 33.5 Å². The Bertz CT molecular complexity index is 721. The van der Waals surface area contributed by atoms with E-state index in [9.17, 15) is 8.42 Å². The molecule has 0 spiro atoms. The van der Waals surface area contributed by atoms with Gasteiger partial charge in [-0.05, 0) is 44.2 Å². The third-order valence-corrected chi connectivity index (χ3v) is 5.87. The molecule has 1 atom stereocenters. The molecule has 0 aliphatic rings. The number of nitrogens with zero attached hydrogens (tertiary/aromatic N) is 1. The van der Waals surface area contributed by atoms with Crippen LogP contribution in [0.15, 0.2) is 29.3 Å². The lowest BCUT2D eigenvalue weighted by molar-refractivity contribution is 0.491. The van der Waals surface area contributed by atoms with Crippen LogP contribution < -0.4 is 15.4 Å². The van der Waals surface area contributed by atoms with Crippen molar-refractivity contribution < 1.29 is 8.42 Å². The lowest BCUT2D eigenvalue weighted by Crippen LogP contribution is -2.42. The van der Waals surface area contributed by atoms with Crippen molar-refractivity contribution in [3.8, 4) is 0 Å². The Kier molecular flexibility index (Phi) is 13.8. The Morgan fingerprint density at radius 3 is 2.21 bits per heavy atom. The standard InChI is InChI=1S/C21H38N4O2S.HI/c1-16(2)10-9-11-18(5)24-21(22-6)23-14-19-12-7-8-13-20(19)15-28(26,27)25-17(3)4;/h7-8,12-13,16-18,25H,9-11,14-15H2,1-6H3,(H2,22,23,24);1H. The van der Waals surface area contributed by atoms with Crippen LogP contribution in [0.4, 0.5) is 0 Å². The minimum atomic E-state index is -3.36. The second-order valence-electron chi connectivity index (χ2n) is 8.10. The van der Waals surface area contributed by atoms with Crippen molar-refractivity contribution >= 4 is 40.0 Å². The minimum Gasteiger partial charge on any atom is -0.354 e. The van der Waals surface area contributed by atoms with E-state index in [0.717, 1.165) is 29.4 Å². The SMILES string of the molecule is CN=C(NCc1ccccc1CS(=O)(=O)NC(C)C)NC(C)CCCC(C)C.I. The molecule has 1 aromatic carbocycles. The number of aliphatic imine (C=N–C) groups is 1. The van der Waals surface area contributed by atoms with E-state index in [0.29, 0.717) is 12.6 Å². The fourth-order valence-electron chi connectivity index (χ4n) is 2.99. The molecular weight excluding hydrogens is 499 g/mol. The van der Waals surface area contributed by atoms with Crippen LogP contribution in [-0.2, 0) is 22.3 Å². The highest BCUT2D eigenvalue weighted by Crippen LogP contribution is 2.13. The van der Waals surface area contributed by atoms with E-state index in [1.54, 1.807) is 7.05 Å². The first-order valence-corrected chi connectivity index (χ1v) is 11.8. The summed E-state index contributed by atoms with van der Waals surface area (Å²) in [5.74, 6) is 1.43. The number of halogens is 1. The summed E-state index contributed by atoms with van der Waals surface area (Å²) in [4.78, 5) is 4.29. The molecule has 0 bridgehead atoms. The molecule has 1 unspecified atom stereocenters. The Labute approximate surface area is 194 Å². The lowest BCUT2D eigenvalue weighted by Gasteiger charge is -2.19. The maximum Gasteiger partial charge on any atom is 0.216 e. The molecule has 0 saturated heterocycles. The summed E-state index contributed by atoms with van der Waals surface area (Å²) in [5.41, 5.74) is 1.75. The zero-order valence-corrected chi connectivity index (χ0v) is 21.8. The molecular formula is C21H39IN4O2S. The van der Waals surface area contributed by atoms with Crippen LogP contribution in [0.3, 0.4) is 0 Å². The van der Waals surface area contributed by atoms with E-state index in [-0.39, 0.29) is 35.8 Å². The van der Waals surface area contributed by atoms with Gasteiger partial charge in [-0.25, -0.2) is 13.1 Å². The van der Waals surface area contributed by atoms with Gasteiger partial charge in [-0.15, -0.1) is 24.0 Å². The van der Waals surface area contributed by atoms with Crippen LogP contribution in [0.5, 0.6) is 0 Å². The quantitative estimate of drug-likeness (QED) is 0.226. The summed E-state index contributed by atoms with van der Waals surface area (Å²) in [5, 5.41) is 6.72. The highest BCUT2D eigenvalue weighted by molar-refractivity contribution is 14.0. The normalized spacial score (nSPS) is 13.3. The first-order valence-electron chi connectivity index (χ1n) is 10.2. The topological polar surface area (TPSA) is 82.6 Å². The molecule has 0 saturated carbocycles. The van der Waals surface area contributed by atoms with Gasteiger partial charge < -0.3 is 10.6 Å². The average Bonchev–Trinajstić information content (AvgIpc) is 2.57. The van der Waals surface area contributed by atoms with Gasteiger partial charge in [0, 0.05) is 25.7 Å². The molecule has 3 N–H and O–H groups in total. The molecule has 0 heterocycles. The Hall–Kier alpha value is -0.870. The van der Waals surface area contributed by atoms with Gasteiger partial charge in [-0.3, -0.25) is 4.99 Å². The summed E-state index contributed by atoms with van der Waals surface area (Å²) < 4.78 is 27.2. The van der Waals surface area contributed by atoms with Crippen LogP contribution in [0.2, 0.25) is 0 Å². The van der Waals surface area contributed by atoms with Crippen molar-refractivity contribution in [1.82, 2.24) is 15.4 Å². The van der Waals surface area contributed by atoms with Crippen LogP contribution >= 0.6 is 24.0 Å². The Morgan fingerprint density at radius 2 is 1.66 bits per heavy atom. The number of benzene rings is 1. The average molecular weight is 539 g/mol. The van der Waals surface area contributed by atoms with Gasteiger partial charge in [-0.1, -0.05) is 51.0 Å². The van der Waals surface area contributed by atoms with Gasteiger partial charge in [0.1, 0.15) is 0 Å². The van der Waals surface area contributed by atoms with Crippen LogP contribution in [0.25, 0.3) is 0 Å². The second-order valence-corrected chi connectivity index (χ2v) is 9.85. The van der Waals surface area contributed by atoms with Crippen molar-refractivity contribution in [1.29, 1.82) is 0 Å². The third-order valence-electron chi connectivity index (χ3n) is 4.35.